The molecule has 1 aromatic rings. The van der Waals surface area contributed by atoms with Crippen molar-refractivity contribution in [2.45, 2.75) is 23.6 Å². The molecule has 0 aliphatic heterocycles. The highest BCUT2D eigenvalue weighted by atomic mass is 32.2. The minimum Gasteiger partial charge on any atom is -0.460 e. The largest absolute Gasteiger partial charge is 0.460 e. The molecule has 154 valence electrons. The van der Waals surface area contributed by atoms with Crippen molar-refractivity contribution in [1.82, 2.24) is 0 Å². The van der Waals surface area contributed by atoms with E-state index in [1.807, 2.05) is 0 Å². The van der Waals surface area contributed by atoms with Gasteiger partial charge in [-0.05, 0) is 45.2 Å². The summed E-state index contributed by atoms with van der Waals surface area (Å²) in [7, 11) is -9.19. The molecule has 1 aromatic carbocycles. The summed E-state index contributed by atoms with van der Waals surface area (Å²) < 4.78 is 67.1. The van der Waals surface area contributed by atoms with Gasteiger partial charge in [0.15, 0.2) is 0 Å². The monoisotopic (exact) mass is 434 g/mol. The van der Waals surface area contributed by atoms with Crippen molar-refractivity contribution in [3.8, 4) is 0 Å². The van der Waals surface area contributed by atoms with Gasteiger partial charge in [-0.25, -0.2) is 9.59 Å². The van der Waals surface area contributed by atoms with E-state index in [1.165, 1.54) is 13.8 Å². The number of hydrogen-bond donors (Lipinski definition) is 0. The van der Waals surface area contributed by atoms with Gasteiger partial charge in [0, 0.05) is 0 Å². The molecule has 0 unspecified atom stereocenters. The molecule has 0 saturated carbocycles. The van der Waals surface area contributed by atoms with Gasteiger partial charge in [0.1, 0.15) is 9.79 Å². The number of ether oxygens (including phenoxy) is 2. The van der Waals surface area contributed by atoms with Crippen molar-refractivity contribution < 1.29 is 44.3 Å². The second-order valence-corrected chi connectivity index (χ2v) is 7.93. The first kappa shape index (κ1) is 23.2. The predicted octanol–water partition coefficient (Wildman–Crippen LogP) is 1.25. The van der Waals surface area contributed by atoms with Crippen LogP contribution in [0.4, 0.5) is 0 Å². The Morgan fingerprint density at radius 1 is 0.821 bits per heavy atom. The van der Waals surface area contributed by atoms with Gasteiger partial charge in [-0.3, -0.25) is 0 Å². The molecule has 0 aliphatic rings. The first-order valence-electron chi connectivity index (χ1n) is 7.65. The summed E-state index contributed by atoms with van der Waals surface area (Å²) in [6.45, 7) is 9.23. The van der Waals surface area contributed by atoms with Crippen LogP contribution >= 0.6 is 0 Å². The van der Waals surface area contributed by atoms with E-state index in [1.54, 1.807) is 0 Å². The van der Waals surface area contributed by atoms with E-state index in [2.05, 4.69) is 31.0 Å². The molecule has 0 fully saturated rings. The van der Waals surface area contributed by atoms with Crippen LogP contribution in [0.5, 0.6) is 0 Å². The Morgan fingerprint density at radius 3 is 1.50 bits per heavy atom. The molecule has 0 saturated heterocycles. The van der Waals surface area contributed by atoms with E-state index >= 15 is 0 Å². The molecule has 0 amide bonds. The predicted molar refractivity (Wildman–Crippen MR) is 94.5 cm³/mol. The van der Waals surface area contributed by atoms with Crippen molar-refractivity contribution in [1.29, 1.82) is 0 Å². The van der Waals surface area contributed by atoms with Crippen LogP contribution in [0.2, 0.25) is 0 Å². The van der Waals surface area contributed by atoms with Gasteiger partial charge in [-0.15, -0.1) is 0 Å². The third-order valence-electron chi connectivity index (χ3n) is 2.81. The first-order valence-corrected chi connectivity index (χ1v) is 10.5. The quantitative estimate of drug-likeness (QED) is 0.229. The second-order valence-electron chi connectivity index (χ2n) is 4.84. The lowest BCUT2D eigenvalue weighted by Gasteiger charge is -2.11. The van der Waals surface area contributed by atoms with E-state index in [0.29, 0.717) is 6.07 Å². The maximum absolute atomic E-state index is 12.2. The standard InChI is InChI=1S/C16H18O10S2/c1-5-23-15(17)11(3)25-27(19,20)13-8-7-9-14(10-13)28(21,22)26-12(4)16(18)24-6-2/h7-10H,3-6H2,1-2H3. The van der Waals surface area contributed by atoms with Gasteiger partial charge < -0.3 is 17.8 Å². The minimum atomic E-state index is -4.59. The van der Waals surface area contributed by atoms with Crippen molar-refractivity contribution in [2.75, 3.05) is 13.2 Å². The molecule has 0 aliphatic carbocycles. The number of carbonyl (C=O) groups excluding carboxylic acids is 2. The zero-order chi connectivity index (χ0) is 21.5. The average molecular weight is 434 g/mol. The third kappa shape index (κ3) is 6.09. The van der Waals surface area contributed by atoms with Gasteiger partial charge in [0.05, 0.1) is 13.2 Å². The van der Waals surface area contributed by atoms with Crippen LogP contribution in [0.15, 0.2) is 58.7 Å². The van der Waals surface area contributed by atoms with Crippen LogP contribution in [0, 0.1) is 0 Å². The fourth-order valence-electron chi connectivity index (χ4n) is 1.64. The molecule has 1 rings (SSSR count). The van der Waals surface area contributed by atoms with Gasteiger partial charge in [-0.2, -0.15) is 16.8 Å². The van der Waals surface area contributed by atoms with E-state index in [0.717, 1.165) is 18.2 Å². The lowest BCUT2D eigenvalue weighted by molar-refractivity contribution is -0.141. The Kier molecular flexibility index (Phi) is 7.76. The maximum Gasteiger partial charge on any atom is 0.374 e. The summed E-state index contributed by atoms with van der Waals surface area (Å²) in [6, 6.07) is 3.84. The van der Waals surface area contributed by atoms with Crippen LogP contribution in [-0.4, -0.2) is 42.0 Å². The SMILES string of the molecule is C=C(OS(=O)(=O)c1cccc(S(=O)(=O)OC(=C)C(=O)OCC)c1)C(=O)OCC. The third-order valence-corrected chi connectivity index (χ3v) is 5.31. The van der Waals surface area contributed by atoms with Crippen molar-refractivity contribution in [3.63, 3.8) is 0 Å². The van der Waals surface area contributed by atoms with E-state index in [9.17, 15) is 26.4 Å². The zero-order valence-corrected chi connectivity index (χ0v) is 16.7. The Bertz CT molecular complexity index is 913. The average Bonchev–Trinajstić information content (AvgIpc) is 2.61. The Hall–Kier alpha value is -2.86. The number of carbonyl (C=O) groups is 2. The molecule has 0 radical (unpaired) electrons. The van der Waals surface area contributed by atoms with Gasteiger partial charge in [0.2, 0.25) is 11.5 Å². The van der Waals surface area contributed by atoms with Crippen molar-refractivity contribution >= 4 is 32.2 Å². The van der Waals surface area contributed by atoms with Crippen LogP contribution in [-0.2, 0) is 47.7 Å². The zero-order valence-electron chi connectivity index (χ0n) is 15.0. The number of esters is 2. The van der Waals surface area contributed by atoms with Gasteiger partial charge >= 0.3 is 32.2 Å². The van der Waals surface area contributed by atoms with Crippen LogP contribution in [0.25, 0.3) is 0 Å². The van der Waals surface area contributed by atoms with Gasteiger partial charge in [0.25, 0.3) is 0 Å². The molecule has 0 heterocycles. The number of rotatable bonds is 10. The van der Waals surface area contributed by atoms with Crippen LogP contribution in [0.1, 0.15) is 13.8 Å². The van der Waals surface area contributed by atoms with Crippen LogP contribution in [0.3, 0.4) is 0 Å². The first-order chi connectivity index (χ1) is 12.9. The highest BCUT2D eigenvalue weighted by Crippen LogP contribution is 2.22. The Balaban J connectivity index is 3.11. The highest BCUT2D eigenvalue weighted by Gasteiger charge is 2.26. The molecule has 12 heteroatoms. The lowest BCUT2D eigenvalue weighted by Crippen LogP contribution is -2.16. The molecule has 0 bridgehead atoms. The summed E-state index contributed by atoms with van der Waals surface area (Å²) in [5.41, 5.74) is 0. The molecule has 0 N–H and O–H groups in total. The van der Waals surface area contributed by atoms with Crippen LogP contribution < -0.4 is 0 Å². The molecular formula is C16H18O10S2. The smallest absolute Gasteiger partial charge is 0.374 e. The molecule has 0 spiro atoms. The lowest BCUT2D eigenvalue weighted by atomic mass is 10.4. The topological polar surface area (TPSA) is 139 Å². The van der Waals surface area contributed by atoms with Crippen molar-refractivity contribution in [2.24, 2.45) is 0 Å². The number of benzene rings is 1. The van der Waals surface area contributed by atoms with E-state index < -0.39 is 53.5 Å². The fraction of sp³-hybridized carbons (Fsp3) is 0.250. The Morgan fingerprint density at radius 2 is 1.18 bits per heavy atom. The van der Waals surface area contributed by atoms with E-state index in [-0.39, 0.29) is 13.2 Å². The maximum atomic E-state index is 12.2. The summed E-state index contributed by atoms with van der Waals surface area (Å²) >= 11 is 0. The molecule has 0 atom stereocenters. The molecule has 10 nitrogen and oxygen atoms in total. The molecule has 0 aromatic heterocycles. The Labute approximate surface area is 162 Å². The van der Waals surface area contributed by atoms with Crippen molar-refractivity contribution in [3.05, 3.63) is 48.9 Å². The minimum absolute atomic E-state index is 0.0311. The summed E-state index contributed by atoms with van der Waals surface area (Å²) in [5, 5.41) is 0. The summed E-state index contributed by atoms with van der Waals surface area (Å²) in [5.74, 6) is -3.79. The second kappa shape index (κ2) is 9.37. The molecule has 28 heavy (non-hydrogen) atoms. The highest BCUT2D eigenvalue weighted by molar-refractivity contribution is 7.87. The summed E-state index contributed by atoms with van der Waals surface area (Å²) in [6.07, 6.45) is 0. The van der Waals surface area contributed by atoms with E-state index in [4.69, 9.17) is 0 Å². The molecular weight excluding hydrogens is 416 g/mol. The normalized spacial score (nSPS) is 11.2. The number of hydrogen-bond acceptors (Lipinski definition) is 10. The fourth-order valence-corrected chi connectivity index (χ4v) is 3.60. The summed E-state index contributed by atoms with van der Waals surface area (Å²) in [4.78, 5) is 21.7. The van der Waals surface area contributed by atoms with Gasteiger partial charge in [-0.1, -0.05) is 6.07 Å².